The number of ether oxygens (including phenoxy) is 4. The third-order valence-corrected chi connectivity index (χ3v) is 15.7. The van der Waals surface area contributed by atoms with Crippen LogP contribution in [0.1, 0.15) is 258 Å². The SMILES string of the molecule is CC/C=C\C/C=C\C/C=C\C/C=C\C/C=C\CCCCCCCCCCCCCCCCCCCCCCCC(=O)NC(COC1OC(CO)C(OC2OC(CO)C(O)C(O)C2O)C(O)C1O)C(O)CCCCCCCCCCC. The number of aliphatic hydroxyl groups excluding tert-OH is 8. The van der Waals surface area contributed by atoms with E-state index in [0.29, 0.717) is 12.8 Å². The molecule has 2 heterocycles. The van der Waals surface area contributed by atoms with E-state index in [0.717, 1.165) is 83.5 Å². The molecule has 0 aromatic heterocycles. The van der Waals surface area contributed by atoms with Crippen LogP contribution in [0.25, 0.3) is 0 Å². The Balaban J connectivity index is 1.54. The van der Waals surface area contributed by atoms with Crippen LogP contribution in [0.3, 0.4) is 0 Å². The molecule has 0 bridgehead atoms. The molecule has 0 spiro atoms. The number of aliphatic hydroxyl groups is 8. The zero-order valence-corrected chi connectivity index (χ0v) is 50.3. The number of hydrogen-bond donors (Lipinski definition) is 9. The molecule has 2 aliphatic rings. The number of carbonyl (C=O) groups excluding carboxylic acids is 1. The van der Waals surface area contributed by atoms with Crippen LogP contribution in [0.4, 0.5) is 0 Å². The molecular formula is C66H119NO13. The van der Waals surface area contributed by atoms with E-state index in [1.54, 1.807) is 0 Å². The van der Waals surface area contributed by atoms with E-state index in [1.165, 1.54) is 148 Å². The molecule has 9 N–H and O–H groups in total. The van der Waals surface area contributed by atoms with Crippen molar-refractivity contribution in [1.29, 1.82) is 0 Å². The van der Waals surface area contributed by atoms with E-state index >= 15 is 0 Å². The van der Waals surface area contributed by atoms with Crippen LogP contribution in [-0.2, 0) is 23.7 Å². The van der Waals surface area contributed by atoms with Crippen LogP contribution < -0.4 is 5.32 Å². The lowest BCUT2D eigenvalue weighted by atomic mass is 9.97. The Morgan fingerprint density at radius 2 is 0.863 bits per heavy atom. The fourth-order valence-corrected chi connectivity index (χ4v) is 10.6. The number of nitrogens with one attached hydrogen (secondary N) is 1. The number of rotatable bonds is 52. The molecule has 80 heavy (non-hydrogen) atoms. The molecule has 1 amide bonds. The maximum atomic E-state index is 13.2. The summed E-state index contributed by atoms with van der Waals surface area (Å²) in [4.78, 5) is 13.2. The predicted octanol–water partition coefficient (Wildman–Crippen LogP) is 12.1. The zero-order valence-electron chi connectivity index (χ0n) is 50.3. The first-order valence-corrected chi connectivity index (χ1v) is 32.5. The van der Waals surface area contributed by atoms with E-state index < -0.39 is 86.8 Å². The molecular weight excluding hydrogens is 1010 g/mol. The van der Waals surface area contributed by atoms with Gasteiger partial charge in [0.15, 0.2) is 12.6 Å². The van der Waals surface area contributed by atoms with Gasteiger partial charge in [0, 0.05) is 6.42 Å². The molecule has 0 aliphatic carbocycles. The third kappa shape index (κ3) is 35.7. The highest BCUT2D eigenvalue weighted by molar-refractivity contribution is 5.76. The molecule has 14 nitrogen and oxygen atoms in total. The fourth-order valence-electron chi connectivity index (χ4n) is 10.6. The zero-order chi connectivity index (χ0) is 58.1. The Morgan fingerprint density at radius 1 is 0.463 bits per heavy atom. The quantitative estimate of drug-likeness (QED) is 0.0204. The number of carbonyl (C=O) groups is 1. The largest absolute Gasteiger partial charge is 0.394 e. The molecule has 0 radical (unpaired) electrons. The first kappa shape index (κ1) is 73.8. The van der Waals surface area contributed by atoms with E-state index in [4.69, 9.17) is 18.9 Å². The van der Waals surface area contributed by atoms with Crippen LogP contribution in [0, 0.1) is 0 Å². The predicted molar refractivity (Wildman–Crippen MR) is 323 cm³/mol. The topological polar surface area (TPSA) is 228 Å². The molecule has 14 heteroatoms. The highest BCUT2D eigenvalue weighted by Gasteiger charge is 2.51. The second-order valence-corrected chi connectivity index (χ2v) is 22.9. The summed E-state index contributed by atoms with van der Waals surface area (Å²) in [6, 6.07) is -0.826. The second-order valence-electron chi connectivity index (χ2n) is 22.9. The number of allylic oxidation sites excluding steroid dienone is 10. The van der Waals surface area contributed by atoms with Gasteiger partial charge in [-0.05, 0) is 57.8 Å². The second kappa shape index (κ2) is 51.1. The summed E-state index contributed by atoms with van der Waals surface area (Å²) in [6.07, 6.45) is 49.9. The highest BCUT2D eigenvalue weighted by atomic mass is 16.7. The Kier molecular flexibility index (Phi) is 47.2. The van der Waals surface area contributed by atoms with Gasteiger partial charge in [-0.3, -0.25) is 4.79 Å². The maximum absolute atomic E-state index is 13.2. The average molecular weight is 1130 g/mol. The average Bonchev–Trinajstić information content (AvgIpc) is 3.49. The van der Waals surface area contributed by atoms with Crippen LogP contribution in [0.15, 0.2) is 60.8 Å². The summed E-state index contributed by atoms with van der Waals surface area (Å²) in [7, 11) is 0. The molecule has 466 valence electrons. The summed E-state index contributed by atoms with van der Waals surface area (Å²) in [6.45, 7) is 2.72. The minimum Gasteiger partial charge on any atom is -0.394 e. The van der Waals surface area contributed by atoms with Gasteiger partial charge in [0.1, 0.15) is 48.8 Å². The summed E-state index contributed by atoms with van der Waals surface area (Å²) in [5.74, 6) is -0.207. The van der Waals surface area contributed by atoms with Gasteiger partial charge in [0.05, 0.1) is 32.0 Å². The van der Waals surface area contributed by atoms with Crippen LogP contribution >= 0.6 is 0 Å². The number of hydrogen-bond acceptors (Lipinski definition) is 13. The summed E-state index contributed by atoms with van der Waals surface area (Å²) in [5, 5.41) is 87.1. The van der Waals surface area contributed by atoms with Crippen molar-refractivity contribution < 1.29 is 64.6 Å². The molecule has 0 aromatic carbocycles. The normalized spacial score (nSPS) is 24.6. The molecule has 2 aliphatic heterocycles. The third-order valence-electron chi connectivity index (χ3n) is 15.7. The highest BCUT2D eigenvalue weighted by Crippen LogP contribution is 2.30. The molecule has 12 unspecified atom stereocenters. The standard InChI is InChI=1S/C66H119NO13/c1-3-5-7-9-11-13-14-15-16-17-18-19-20-21-22-23-24-25-26-27-28-29-30-31-32-33-34-35-36-37-38-39-40-42-44-46-48-50-58(71)67-54(55(70)49-47-45-43-41-12-10-8-6-4-2)53-77-65-63(76)61(74)64(57(52-69)79-65)80-66-62(75)60(73)59(72)56(51-68)78-66/h5,7,11,13,15-16,18-19,21-22,54-57,59-66,68-70,72-76H,3-4,6,8-10,12,14,17,20,23-53H2,1-2H3,(H,67,71)/b7-5-,13-11-,16-15-,19-18-,22-21-. The molecule has 12 atom stereocenters. The van der Waals surface area contributed by atoms with Gasteiger partial charge in [-0.1, -0.05) is 254 Å². The Morgan fingerprint density at radius 3 is 1.32 bits per heavy atom. The summed E-state index contributed by atoms with van der Waals surface area (Å²) < 4.78 is 22.8. The Bertz CT molecular complexity index is 1570. The molecule has 0 saturated carbocycles. The van der Waals surface area contributed by atoms with Crippen LogP contribution in [0.2, 0.25) is 0 Å². The van der Waals surface area contributed by atoms with E-state index in [2.05, 4.69) is 79.9 Å². The smallest absolute Gasteiger partial charge is 0.220 e. The van der Waals surface area contributed by atoms with Gasteiger partial charge < -0.3 is 65.1 Å². The lowest BCUT2D eigenvalue weighted by molar-refractivity contribution is -0.359. The van der Waals surface area contributed by atoms with Crippen LogP contribution in [0.5, 0.6) is 0 Å². The van der Waals surface area contributed by atoms with Crippen molar-refractivity contribution in [2.24, 2.45) is 0 Å². The van der Waals surface area contributed by atoms with Crippen molar-refractivity contribution in [3.63, 3.8) is 0 Å². The lowest BCUT2D eigenvalue weighted by Crippen LogP contribution is -2.65. The van der Waals surface area contributed by atoms with Gasteiger partial charge >= 0.3 is 0 Å². The van der Waals surface area contributed by atoms with Crippen molar-refractivity contribution >= 4 is 5.91 Å². The van der Waals surface area contributed by atoms with Gasteiger partial charge in [0.25, 0.3) is 0 Å². The lowest BCUT2D eigenvalue weighted by Gasteiger charge is -2.46. The van der Waals surface area contributed by atoms with E-state index in [1.807, 2.05) is 0 Å². The van der Waals surface area contributed by atoms with Gasteiger partial charge in [0.2, 0.25) is 5.91 Å². The monoisotopic (exact) mass is 1130 g/mol. The summed E-state index contributed by atoms with van der Waals surface area (Å²) >= 11 is 0. The summed E-state index contributed by atoms with van der Waals surface area (Å²) in [5.41, 5.74) is 0. The minimum absolute atomic E-state index is 0.207. The van der Waals surface area contributed by atoms with E-state index in [-0.39, 0.29) is 12.5 Å². The van der Waals surface area contributed by atoms with Crippen molar-refractivity contribution in [2.45, 2.75) is 331 Å². The number of amides is 1. The molecule has 2 rings (SSSR count). The van der Waals surface area contributed by atoms with Gasteiger partial charge in [-0.15, -0.1) is 0 Å². The van der Waals surface area contributed by atoms with E-state index in [9.17, 15) is 45.6 Å². The van der Waals surface area contributed by atoms with Crippen molar-refractivity contribution in [1.82, 2.24) is 5.32 Å². The molecule has 2 saturated heterocycles. The van der Waals surface area contributed by atoms with Gasteiger partial charge in [-0.25, -0.2) is 0 Å². The Hall–Kier alpha value is -2.31. The Labute approximate surface area is 486 Å². The molecule has 0 aromatic rings. The number of unbranched alkanes of at least 4 members (excludes halogenated alkanes) is 29. The minimum atomic E-state index is -1.78. The van der Waals surface area contributed by atoms with Crippen molar-refractivity contribution in [3.05, 3.63) is 60.8 Å². The molecule has 2 fully saturated rings. The fraction of sp³-hybridized carbons (Fsp3) is 0.833. The van der Waals surface area contributed by atoms with Gasteiger partial charge in [-0.2, -0.15) is 0 Å². The van der Waals surface area contributed by atoms with Crippen molar-refractivity contribution in [3.8, 4) is 0 Å². The first-order chi connectivity index (χ1) is 39.1. The first-order valence-electron chi connectivity index (χ1n) is 32.5. The van der Waals surface area contributed by atoms with Crippen LogP contribution in [-0.4, -0.2) is 140 Å². The maximum Gasteiger partial charge on any atom is 0.220 e. The van der Waals surface area contributed by atoms with Crippen molar-refractivity contribution in [2.75, 3.05) is 19.8 Å².